The zero-order chi connectivity index (χ0) is 13.8. The first-order chi connectivity index (χ1) is 9.13. The zero-order valence-electron chi connectivity index (χ0n) is 11.3. The third kappa shape index (κ3) is 3.24. The van der Waals surface area contributed by atoms with Gasteiger partial charge in [0.2, 0.25) is 0 Å². The van der Waals surface area contributed by atoms with Gasteiger partial charge in [0.05, 0.1) is 6.04 Å². The molecule has 1 unspecified atom stereocenters. The summed E-state index contributed by atoms with van der Waals surface area (Å²) in [7, 11) is 0. The molecule has 0 heterocycles. The van der Waals surface area contributed by atoms with Crippen molar-refractivity contribution >= 4 is 15.9 Å². The smallest absolute Gasteiger partial charge is 0.0503 e. The highest BCUT2D eigenvalue weighted by molar-refractivity contribution is 9.10. The van der Waals surface area contributed by atoms with Crippen LogP contribution in [0, 0.1) is 13.8 Å². The Morgan fingerprint density at radius 3 is 2.53 bits per heavy atom. The highest BCUT2D eigenvalue weighted by Crippen LogP contribution is 2.27. The molecule has 3 heteroatoms. The second-order valence-corrected chi connectivity index (χ2v) is 5.66. The molecule has 0 aliphatic rings. The van der Waals surface area contributed by atoms with Gasteiger partial charge in [-0.15, -0.1) is 0 Å². The number of rotatable bonds is 4. The Hall–Kier alpha value is -1.16. The van der Waals surface area contributed by atoms with E-state index < -0.39 is 0 Å². The summed E-state index contributed by atoms with van der Waals surface area (Å²) in [6.45, 7) is 4.25. The third-order valence-corrected chi connectivity index (χ3v) is 4.43. The summed E-state index contributed by atoms with van der Waals surface area (Å²) < 4.78 is 1.12. The van der Waals surface area contributed by atoms with Gasteiger partial charge in [-0.1, -0.05) is 52.3 Å². The van der Waals surface area contributed by atoms with Crippen molar-refractivity contribution in [1.29, 1.82) is 0 Å². The predicted octanol–water partition coefficient (Wildman–Crippen LogP) is 3.81. The molecular formula is C16H19BrN2. The fraction of sp³-hybridized carbons (Fsp3) is 0.250. The van der Waals surface area contributed by atoms with Gasteiger partial charge >= 0.3 is 0 Å². The first-order valence-electron chi connectivity index (χ1n) is 6.39. The molecule has 0 fully saturated rings. The van der Waals surface area contributed by atoms with E-state index in [9.17, 15) is 0 Å². The average Bonchev–Trinajstić information content (AvgIpc) is 2.41. The van der Waals surface area contributed by atoms with Crippen LogP contribution in [0.25, 0.3) is 0 Å². The van der Waals surface area contributed by atoms with Gasteiger partial charge in [0, 0.05) is 4.47 Å². The second-order valence-electron chi connectivity index (χ2n) is 4.80. The quantitative estimate of drug-likeness (QED) is 0.664. The molecule has 100 valence electrons. The van der Waals surface area contributed by atoms with Crippen molar-refractivity contribution in [3.63, 3.8) is 0 Å². The molecule has 3 N–H and O–H groups in total. The Balaban J connectivity index is 2.31. The van der Waals surface area contributed by atoms with E-state index in [1.165, 1.54) is 22.3 Å². The molecule has 2 aromatic rings. The van der Waals surface area contributed by atoms with E-state index in [1.54, 1.807) is 0 Å². The first-order valence-corrected chi connectivity index (χ1v) is 7.18. The van der Waals surface area contributed by atoms with E-state index in [1.807, 2.05) is 0 Å². The molecule has 0 spiro atoms. The summed E-state index contributed by atoms with van der Waals surface area (Å²) in [5.41, 5.74) is 8.04. The van der Waals surface area contributed by atoms with E-state index in [0.29, 0.717) is 0 Å². The van der Waals surface area contributed by atoms with Crippen LogP contribution in [0.2, 0.25) is 0 Å². The largest absolute Gasteiger partial charge is 0.271 e. The minimum Gasteiger partial charge on any atom is -0.271 e. The molecule has 19 heavy (non-hydrogen) atoms. The van der Waals surface area contributed by atoms with Crippen molar-refractivity contribution in [3.8, 4) is 0 Å². The summed E-state index contributed by atoms with van der Waals surface area (Å²) in [6, 6.07) is 14.8. The summed E-state index contributed by atoms with van der Waals surface area (Å²) in [4.78, 5) is 0. The first kappa shape index (κ1) is 14.3. The molecule has 2 nitrogen and oxygen atoms in total. The Bertz CT molecular complexity index is 566. The number of hydrazine groups is 1. The standard InChI is InChI=1S/C16H19BrN2/c1-11-6-3-4-7-13(11)10-16(19-18)14-8-5-9-15(17)12(14)2/h3-9,16,19H,10,18H2,1-2H3. The molecule has 0 saturated heterocycles. The SMILES string of the molecule is Cc1ccccc1CC(NN)c1cccc(Br)c1C. The van der Waals surface area contributed by atoms with Crippen molar-refractivity contribution in [2.24, 2.45) is 5.84 Å². The molecule has 1 atom stereocenters. The summed E-state index contributed by atoms with van der Waals surface area (Å²) in [5.74, 6) is 5.76. The van der Waals surface area contributed by atoms with Crippen LogP contribution < -0.4 is 11.3 Å². The summed E-state index contributed by atoms with van der Waals surface area (Å²) >= 11 is 3.57. The van der Waals surface area contributed by atoms with E-state index in [2.05, 4.69) is 77.7 Å². The highest BCUT2D eigenvalue weighted by atomic mass is 79.9. The molecule has 0 radical (unpaired) electrons. The van der Waals surface area contributed by atoms with Crippen molar-refractivity contribution in [3.05, 3.63) is 69.2 Å². The number of halogens is 1. The molecule has 0 amide bonds. The Labute approximate surface area is 123 Å². The lowest BCUT2D eigenvalue weighted by Gasteiger charge is -2.20. The van der Waals surface area contributed by atoms with Crippen molar-refractivity contribution in [1.82, 2.24) is 5.43 Å². The Morgan fingerprint density at radius 2 is 1.84 bits per heavy atom. The third-order valence-electron chi connectivity index (χ3n) is 3.57. The molecule has 2 rings (SSSR count). The van der Waals surface area contributed by atoms with E-state index in [0.717, 1.165) is 10.9 Å². The summed E-state index contributed by atoms with van der Waals surface area (Å²) in [5, 5.41) is 0. The number of nitrogens with two attached hydrogens (primary N) is 1. The summed E-state index contributed by atoms with van der Waals surface area (Å²) in [6.07, 6.45) is 0.889. The molecule has 0 bridgehead atoms. The van der Waals surface area contributed by atoms with Gasteiger partial charge in [-0.3, -0.25) is 11.3 Å². The average molecular weight is 319 g/mol. The topological polar surface area (TPSA) is 38.0 Å². The number of aryl methyl sites for hydroxylation is 1. The van der Waals surface area contributed by atoms with E-state index >= 15 is 0 Å². The highest BCUT2D eigenvalue weighted by Gasteiger charge is 2.14. The van der Waals surface area contributed by atoms with Gasteiger partial charge in [0.15, 0.2) is 0 Å². The minimum absolute atomic E-state index is 0.124. The van der Waals surface area contributed by atoms with Crippen LogP contribution in [0.1, 0.15) is 28.3 Å². The van der Waals surface area contributed by atoms with Crippen LogP contribution in [0.5, 0.6) is 0 Å². The van der Waals surface area contributed by atoms with Gasteiger partial charge in [-0.25, -0.2) is 0 Å². The Kier molecular flexibility index (Phi) is 4.75. The van der Waals surface area contributed by atoms with Gasteiger partial charge in [-0.05, 0) is 48.6 Å². The lowest BCUT2D eigenvalue weighted by atomic mass is 9.94. The maximum absolute atomic E-state index is 5.76. The van der Waals surface area contributed by atoms with Gasteiger partial charge in [0.25, 0.3) is 0 Å². The van der Waals surface area contributed by atoms with Crippen LogP contribution in [0.15, 0.2) is 46.9 Å². The van der Waals surface area contributed by atoms with Crippen LogP contribution in [-0.4, -0.2) is 0 Å². The molecule has 2 aromatic carbocycles. The number of benzene rings is 2. The van der Waals surface area contributed by atoms with Crippen LogP contribution in [-0.2, 0) is 6.42 Å². The van der Waals surface area contributed by atoms with Gasteiger partial charge in [0.1, 0.15) is 0 Å². The van der Waals surface area contributed by atoms with Crippen molar-refractivity contribution in [2.75, 3.05) is 0 Å². The Morgan fingerprint density at radius 1 is 1.11 bits per heavy atom. The molecule has 0 saturated carbocycles. The van der Waals surface area contributed by atoms with Crippen LogP contribution in [0.4, 0.5) is 0 Å². The van der Waals surface area contributed by atoms with E-state index in [-0.39, 0.29) is 6.04 Å². The molecular weight excluding hydrogens is 300 g/mol. The maximum Gasteiger partial charge on any atom is 0.0503 e. The molecule has 0 aliphatic carbocycles. The number of hydrogen-bond donors (Lipinski definition) is 2. The fourth-order valence-electron chi connectivity index (χ4n) is 2.32. The van der Waals surface area contributed by atoms with Crippen molar-refractivity contribution < 1.29 is 0 Å². The second kappa shape index (κ2) is 6.33. The number of nitrogens with one attached hydrogen (secondary N) is 1. The van der Waals surface area contributed by atoms with Gasteiger partial charge in [-0.2, -0.15) is 0 Å². The predicted molar refractivity (Wildman–Crippen MR) is 83.8 cm³/mol. The van der Waals surface area contributed by atoms with Crippen molar-refractivity contribution in [2.45, 2.75) is 26.3 Å². The fourth-order valence-corrected chi connectivity index (χ4v) is 2.70. The minimum atomic E-state index is 0.124. The zero-order valence-corrected chi connectivity index (χ0v) is 12.9. The molecule has 0 aliphatic heterocycles. The van der Waals surface area contributed by atoms with Gasteiger partial charge < -0.3 is 0 Å². The molecule has 0 aromatic heterocycles. The van der Waals surface area contributed by atoms with E-state index in [4.69, 9.17) is 5.84 Å². The normalized spacial score (nSPS) is 12.4. The maximum atomic E-state index is 5.76. The number of hydrogen-bond acceptors (Lipinski definition) is 2. The lowest BCUT2D eigenvalue weighted by molar-refractivity contribution is 0.548. The van der Waals surface area contributed by atoms with Crippen LogP contribution >= 0.6 is 15.9 Å². The van der Waals surface area contributed by atoms with Crippen LogP contribution in [0.3, 0.4) is 0 Å². The lowest BCUT2D eigenvalue weighted by Crippen LogP contribution is -2.30. The monoisotopic (exact) mass is 318 g/mol.